The Labute approximate surface area is 208 Å². The summed E-state index contributed by atoms with van der Waals surface area (Å²) in [5.74, 6) is -0.108. The zero-order valence-electron chi connectivity index (χ0n) is 20.0. The highest BCUT2D eigenvalue weighted by molar-refractivity contribution is 7.92. The van der Waals surface area contributed by atoms with Gasteiger partial charge in [0.1, 0.15) is 27.7 Å². The number of aromatic nitrogens is 4. The van der Waals surface area contributed by atoms with E-state index in [0.717, 1.165) is 5.56 Å². The first-order valence-electron chi connectivity index (χ1n) is 10.8. The Hall–Kier alpha value is -3.37. The van der Waals surface area contributed by atoms with Gasteiger partial charge in [0.2, 0.25) is 0 Å². The van der Waals surface area contributed by atoms with Crippen LogP contribution in [0, 0.1) is 0 Å². The Kier molecular flexibility index (Phi) is 6.37. The second-order valence-electron chi connectivity index (χ2n) is 9.01. The Morgan fingerprint density at radius 3 is 2.57 bits per heavy atom. The molecule has 0 aliphatic rings. The summed E-state index contributed by atoms with van der Waals surface area (Å²) in [5.41, 5.74) is 2.62. The van der Waals surface area contributed by atoms with E-state index in [-0.39, 0.29) is 23.1 Å². The largest absolute Gasteiger partial charge is 0.495 e. The van der Waals surface area contributed by atoms with Gasteiger partial charge in [-0.25, -0.2) is 13.4 Å². The molecule has 0 saturated heterocycles. The SMILES string of the molecule is COc1cc2ncc(-c3cc(C(=O)NCc4ccccc4Cl)n(C)n3)n2cc1S(=O)(=O)C(C)(C)C. The monoisotopic (exact) mass is 515 g/mol. The molecule has 0 bridgehead atoms. The number of benzene rings is 1. The molecule has 0 spiro atoms. The number of methoxy groups -OCH3 is 1. The third-order valence-electron chi connectivity index (χ3n) is 5.66. The molecular weight excluding hydrogens is 490 g/mol. The van der Waals surface area contributed by atoms with E-state index >= 15 is 0 Å². The number of rotatable bonds is 6. The number of nitrogens with one attached hydrogen (secondary N) is 1. The van der Waals surface area contributed by atoms with Gasteiger partial charge in [-0.05, 0) is 38.5 Å². The molecule has 4 rings (SSSR count). The number of carbonyl (C=O) groups is 1. The summed E-state index contributed by atoms with van der Waals surface area (Å²) < 4.78 is 33.8. The highest BCUT2D eigenvalue weighted by Crippen LogP contribution is 2.34. The maximum atomic E-state index is 13.2. The molecule has 0 aliphatic heterocycles. The molecular formula is C24H26ClN5O4S. The maximum absolute atomic E-state index is 13.2. The smallest absolute Gasteiger partial charge is 0.269 e. The van der Waals surface area contributed by atoms with Crippen molar-refractivity contribution in [2.75, 3.05) is 7.11 Å². The lowest BCUT2D eigenvalue weighted by Gasteiger charge is -2.21. The van der Waals surface area contributed by atoms with Crippen LogP contribution in [0.5, 0.6) is 5.75 Å². The molecule has 3 aromatic heterocycles. The van der Waals surface area contributed by atoms with Gasteiger partial charge in [0.05, 0.1) is 23.7 Å². The molecule has 184 valence electrons. The van der Waals surface area contributed by atoms with Gasteiger partial charge in [-0.2, -0.15) is 5.10 Å². The van der Waals surface area contributed by atoms with Crippen LogP contribution >= 0.6 is 11.6 Å². The van der Waals surface area contributed by atoms with Gasteiger partial charge in [0, 0.05) is 30.9 Å². The number of aryl methyl sites for hydroxylation is 1. The van der Waals surface area contributed by atoms with Crippen molar-refractivity contribution in [2.24, 2.45) is 7.05 Å². The number of amides is 1. The quantitative estimate of drug-likeness (QED) is 0.417. The fourth-order valence-corrected chi connectivity index (χ4v) is 5.09. The van der Waals surface area contributed by atoms with Crippen LogP contribution in [0.4, 0.5) is 0 Å². The molecule has 0 unspecified atom stereocenters. The fourth-order valence-electron chi connectivity index (χ4n) is 3.58. The third-order valence-corrected chi connectivity index (χ3v) is 8.53. The van der Waals surface area contributed by atoms with E-state index in [1.807, 2.05) is 18.2 Å². The first-order chi connectivity index (χ1) is 16.4. The Morgan fingerprint density at radius 2 is 1.91 bits per heavy atom. The van der Waals surface area contributed by atoms with Crippen LogP contribution in [0.15, 0.2) is 53.7 Å². The van der Waals surface area contributed by atoms with Crippen LogP contribution in [-0.4, -0.2) is 45.3 Å². The van der Waals surface area contributed by atoms with Gasteiger partial charge in [-0.1, -0.05) is 29.8 Å². The number of nitrogens with zero attached hydrogens (tertiary/aromatic N) is 4. The molecule has 0 radical (unpaired) electrons. The fraction of sp³-hybridized carbons (Fsp3) is 0.292. The lowest BCUT2D eigenvalue weighted by atomic mass is 10.2. The Bertz CT molecular complexity index is 1530. The zero-order valence-corrected chi connectivity index (χ0v) is 21.6. The van der Waals surface area contributed by atoms with Gasteiger partial charge in [-0.15, -0.1) is 0 Å². The van der Waals surface area contributed by atoms with Crippen molar-refractivity contribution in [3.05, 3.63) is 65.1 Å². The topological polar surface area (TPSA) is 108 Å². The summed E-state index contributed by atoms with van der Waals surface area (Å²) >= 11 is 6.18. The highest BCUT2D eigenvalue weighted by atomic mass is 35.5. The van der Waals surface area contributed by atoms with E-state index in [0.29, 0.717) is 27.8 Å². The lowest BCUT2D eigenvalue weighted by molar-refractivity contribution is 0.0941. The van der Waals surface area contributed by atoms with Crippen molar-refractivity contribution in [1.29, 1.82) is 0 Å². The second-order valence-corrected chi connectivity index (χ2v) is 12.1. The zero-order chi connectivity index (χ0) is 25.5. The van der Waals surface area contributed by atoms with Crippen LogP contribution in [0.3, 0.4) is 0 Å². The molecule has 0 atom stereocenters. The molecule has 11 heteroatoms. The first kappa shape index (κ1) is 24.7. The number of ether oxygens (including phenoxy) is 1. The average molecular weight is 516 g/mol. The van der Waals surface area contributed by atoms with E-state index < -0.39 is 14.6 Å². The number of hydrogen-bond acceptors (Lipinski definition) is 6. The minimum absolute atomic E-state index is 0.0490. The van der Waals surface area contributed by atoms with Gasteiger partial charge < -0.3 is 10.1 Å². The van der Waals surface area contributed by atoms with Crippen molar-refractivity contribution < 1.29 is 17.9 Å². The summed E-state index contributed by atoms with van der Waals surface area (Å²) in [4.78, 5) is 17.3. The predicted octanol–water partition coefficient (Wildman–Crippen LogP) is 3.90. The van der Waals surface area contributed by atoms with Gasteiger partial charge in [0.15, 0.2) is 9.84 Å². The number of imidazole rings is 1. The van der Waals surface area contributed by atoms with E-state index in [1.54, 1.807) is 56.6 Å². The maximum Gasteiger partial charge on any atom is 0.269 e. The molecule has 3 heterocycles. The average Bonchev–Trinajstić information content (AvgIpc) is 3.39. The standard InChI is InChI=1S/C24H26ClN5O4S/c1-24(2,3)35(32,33)21-14-30-19(13-26-22(30)11-20(21)34-5)17-10-18(29(4)28-17)23(31)27-12-15-8-6-7-9-16(15)25/h6-11,13-14H,12H2,1-5H3,(H,27,31). The van der Waals surface area contributed by atoms with E-state index in [2.05, 4.69) is 15.4 Å². The van der Waals surface area contributed by atoms with Crippen LogP contribution in [0.25, 0.3) is 17.0 Å². The number of halogens is 1. The number of hydrogen-bond donors (Lipinski definition) is 1. The van der Waals surface area contributed by atoms with Crippen LogP contribution in [0.1, 0.15) is 36.8 Å². The van der Waals surface area contributed by atoms with Gasteiger partial charge in [-0.3, -0.25) is 13.9 Å². The first-order valence-corrected chi connectivity index (χ1v) is 12.7. The number of carbonyl (C=O) groups excluding carboxylic acids is 1. The summed E-state index contributed by atoms with van der Waals surface area (Å²) in [6.07, 6.45) is 3.07. The van der Waals surface area contributed by atoms with E-state index in [9.17, 15) is 13.2 Å². The van der Waals surface area contributed by atoms with Gasteiger partial charge >= 0.3 is 0 Å². The number of sulfone groups is 1. The predicted molar refractivity (Wildman–Crippen MR) is 134 cm³/mol. The van der Waals surface area contributed by atoms with Crippen LogP contribution in [0.2, 0.25) is 5.02 Å². The van der Waals surface area contributed by atoms with Crippen molar-refractivity contribution in [2.45, 2.75) is 37.0 Å². The molecule has 0 aliphatic carbocycles. The summed E-state index contributed by atoms with van der Waals surface area (Å²) in [5, 5.41) is 7.89. The highest BCUT2D eigenvalue weighted by Gasteiger charge is 2.34. The minimum Gasteiger partial charge on any atom is -0.495 e. The molecule has 1 aromatic carbocycles. The number of pyridine rings is 1. The summed E-state index contributed by atoms with van der Waals surface area (Å²) in [6, 6.07) is 10.5. The minimum atomic E-state index is -3.72. The number of fused-ring (bicyclic) bond motifs is 1. The molecule has 35 heavy (non-hydrogen) atoms. The van der Waals surface area contributed by atoms with Crippen molar-refractivity contribution in [1.82, 2.24) is 24.5 Å². The molecule has 1 amide bonds. The van der Waals surface area contributed by atoms with Crippen LogP contribution < -0.4 is 10.1 Å². The third kappa shape index (κ3) is 4.51. The van der Waals surface area contributed by atoms with Gasteiger partial charge in [0.25, 0.3) is 5.91 Å². The second kappa shape index (κ2) is 9.01. The molecule has 4 aromatic rings. The van der Waals surface area contributed by atoms with Crippen molar-refractivity contribution in [3.8, 4) is 17.1 Å². The van der Waals surface area contributed by atoms with E-state index in [1.165, 1.54) is 18.0 Å². The molecule has 0 fully saturated rings. The Balaban J connectivity index is 1.71. The molecule has 0 saturated carbocycles. The van der Waals surface area contributed by atoms with Crippen molar-refractivity contribution >= 4 is 33.0 Å². The summed E-state index contributed by atoms with van der Waals surface area (Å²) in [6.45, 7) is 5.16. The Morgan fingerprint density at radius 1 is 1.20 bits per heavy atom. The van der Waals surface area contributed by atoms with E-state index in [4.69, 9.17) is 16.3 Å². The van der Waals surface area contributed by atoms with Crippen LogP contribution in [-0.2, 0) is 23.4 Å². The lowest BCUT2D eigenvalue weighted by Crippen LogP contribution is -2.28. The van der Waals surface area contributed by atoms with Crippen molar-refractivity contribution in [3.63, 3.8) is 0 Å². The molecule has 9 nitrogen and oxygen atoms in total. The summed E-state index contributed by atoms with van der Waals surface area (Å²) in [7, 11) is -0.633. The molecule has 1 N–H and O–H groups in total. The normalized spacial score (nSPS) is 12.2.